The van der Waals surface area contributed by atoms with Crippen LogP contribution in [0.5, 0.6) is 0 Å². The molecule has 2 aliphatic heterocycles. The van der Waals surface area contributed by atoms with Crippen LogP contribution in [0.4, 0.5) is 0 Å². The molecule has 0 N–H and O–H groups in total. The molecule has 2 aliphatic rings. The molecule has 3 rings (SSSR count). The second kappa shape index (κ2) is 6.90. The maximum atomic E-state index is 12.4. The summed E-state index contributed by atoms with van der Waals surface area (Å²) in [6.45, 7) is 2.62. The molecule has 2 saturated heterocycles. The van der Waals surface area contributed by atoms with Crippen molar-refractivity contribution in [1.29, 1.82) is 0 Å². The van der Waals surface area contributed by atoms with Crippen molar-refractivity contribution in [3.8, 4) is 0 Å². The quantitative estimate of drug-likeness (QED) is 0.846. The Morgan fingerprint density at radius 2 is 2.23 bits per heavy atom. The first kappa shape index (κ1) is 15.0. The van der Waals surface area contributed by atoms with E-state index >= 15 is 0 Å². The van der Waals surface area contributed by atoms with Crippen molar-refractivity contribution >= 4 is 11.8 Å². The van der Waals surface area contributed by atoms with Gasteiger partial charge in [0.2, 0.25) is 11.8 Å². The molecule has 0 bridgehead atoms. The first-order valence-electron chi connectivity index (χ1n) is 8.17. The second-order valence-corrected chi connectivity index (χ2v) is 6.33. The van der Waals surface area contributed by atoms with E-state index < -0.39 is 0 Å². The molecular weight excluding hydrogens is 278 g/mol. The predicted molar refractivity (Wildman–Crippen MR) is 83.1 cm³/mol. The third kappa shape index (κ3) is 3.64. The summed E-state index contributed by atoms with van der Waals surface area (Å²) < 4.78 is 0. The zero-order valence-corrected chi connectivity index (χ0v) is 12.9. The molecule has 5 heteroatoms. The number of carbonyl (C=O) groups excluding carboxylic acids is 2. The lowest BCUT2D eigenvalue weighted by Crippen LogP contribution is -2.45. The lowest BCUT2D eigenvalue weighted by molar-refractivity contribution is -0.139. The van der Waals surface area contributed by atoms with E-state index in [2.05, 4.69) is 11.1 Å². The summed E-state index contributed by atoms with van der Waals surface area (Å²) >= 11 is 0. The van der Waals surface area contributed by atoms with Crippen LogP contribution in [-0.2, 0) is 16.0 Å². The summed E-state index contributed by atoms with van der Waals surface area (Å²) in [4.78, 5) is 31.9. The highest BCUT2D eigenvalue weighted by atomic mass is 16.2. The molecule has 0 unspecified atom stereocenters. The highest BCUT2D eigenvalue weighted by Gasteiger charge is 2.28. The van der Waals surface area contributed by atoms with Gasteiger partial charge in [-0.05, 0) is 43.2 Å². The number of nitrogens with zero attached hydrogens (tertiary/aromatic N) is 3. The van der Waals surface area contributed by atoms with Crippen LogP contribution >= 0.6 is 0 Å². The Hall–Kier alpha value is -1.91. The van der Waals surface area contributed by atoms with E-state index in [0.717, 1.165) is 45.3 Å². The van der Waals surface area contributed by atoms with Crippen molar-refractivity contribution in [3.05, 3.63) is 30.1 Å². The van der Waals surface area contributed by atoms with Gasteiger partial charge < -0.3 is 9.80 Å². The van der Waals surface area contributed by atoms with Crippen molar-refractivity contribution in [2.75, 3.05) is 26.2 Å². The van der Waals surface area contributed by atoms with Gasteiger partial charge in [0.1, 0.15) is 0 Å². The third-order valence-corrected chi connectivity index (χ3v) is 4.62. The van der Waals surface area contributed by atoms with Crippen LogP contribution in [0.2, 0.25) is 0 Å². The molecule has 0 saturated carbocycles. The molecule has 1 aromatic rings. The van der Waals surface area contributed by atoms with Crippen LogP contribution in [-0.4, -0.2) is 52.8 Å². The van der Waals surface area contributed by atoms with Gasteiger partial charge in [-0.2, -0.15) is 0 Å². The number of hydrogen-bond acceptors (Lipinski definition) is 3. The Morgan fingerprint density at radius 1 is 1.32 bits per heavy atom. The number of rotatable bonds is 4. The van der Waals surface area contributed by atoms with Crippen LogP contribution in [0.25, 0.3) is 0 Å². The molecule has 118 valence electrons. The van der Waals surface area contributed by atoms with E-state index in [1.165, 1.54) is 5.56 Å². The van der Waals surface area contributed by atoms with Gasteiger partial charge in [0.15, 0.2) is 0 Å². The minimum absolute atomic E-state index is 0.103. The third-order valence-electron chi connectivity index (χ3n) is 4.62. The largest absolute Gasteiger partial charge is 0.341 e. The van der Waals surface area contributed by atoms with Crippen LogP contribution in [0.3, 0.4) is 0 Å². The first-order valence-corrected chi connectivity index (χ1v) is 8.17. The van der Waals surface area contributed by atoms with Gasteiger partial charge in [-0.15, -0.1) is 0 Å². The molecule has 22 heavy (non-hydrogen) atoms. The highest BCUT2D eigenvalue weighted by molar-refractivity contribution is 5.85. The molecule has 1 aromatic heterocycles. The summed E-state index contributed by atoms with van der Waals surface area (Å²) in [5.74, 6) is 0.722. The fourth-order valence-electron chi connectivity index (χ4n) is 3.44. The van der Waals surface area contributed by atoms with Gasteiger partial charge in [0, 0.05) is 38.4 Å². The van der Waals surface area contributed by atoms with Crippen LogP contribution in [0.1, 0.15) is 31.2 Å². The lowest BCUT2D eigenvalue weighted by Gasteiger charge is -2.34. The SMILES string of the molecule is O=C1CCCN1CC(=O)N1CCC[C@@H](Cc2cccnc2)C1. The zero-order valence-electron chi connectivity index (χ0n) is 12.9. The van der Waals surface area contributed by atoms with E-state index in [1.54, 1.807) is 11.1 Å². The average Bonchev–Trinajstić information content (AvgIpc) is 2.94. The molecule has 0 aliphatic carbocycles. The smallest absolute Gasteiger partial charge is 0.242 e. The number of piperidine rings is 1. The number of likely N-dealkylation sites (tertiary alicyclic amines) is 2. The summed E-state index contributed by atoms with van der Waals surface area (Å²) in [6.07, 6.45) is 8.34. The molecule has 0 spiro atoms. The molecule has 2 amide bonds. The van der Waals surface area contributed by atoms with Gasteiger partial charge in [-0.1, -0.05) is 6.07 Å². The topological polar surface area (TPSA) is 53.5 Å². The van der Waals surface area contributed by atoms with Gasteiger partial charge in [0.05, 0.1) is 6.54 Å². The van der Waals surface area contributed by atoms with Gasteiger partial charge in [-0.25, -0.2) is 0 Å². The maximum absolute atomic E-state index is 12.4. The minimum atomic E-state index is 0.103. The standard InChI is InChI=1S/C17H23N3O2/c21-16-6-3-9-20(16)13-17(22)19-8-2-5-15(12-19)10-14-4-1-7-18-11-14/h1,4,7,11,15H,2-3,5-6,8-10,12-13H2/t15-/m0/s1. The van der Waals surface area contributed by atoms with E-state index in [0.29, 0.717) is 12.3 Å². The summed E-state index contributed by atoms with van der Waals surface area (Å²) in [5.41, 5.74) is 1.23. The van der Waals surface area contributed by atoms with Crippen molar-refractivity contribution in [2.24, 2.45) is 5.92 Å². The van der Waals surface area contributed by atoms with Crippen LogP contribution < -0.4 is 0 Å². The number of aromatic nitrogens is 1. The Kier molecular flexibility index (Phi) is 4.71. The first-order chi connectivity index (χ1) is 10.7. The average molecular weight is 301 g/mol. The van der Waals surface area contributed by atoms with Gasteiger partial charge in [-0.3, -0.25) is 14.6 Å². The Bertz CT molecular complexity index is 532. The fourth-order valence-corrected chi connectivity index (χ4v) is 3.44. The van der Waals surface area contributed by atoms with Gasteiger partial charge >= 0.3 is 0 Å². The van der Waals surface area contributed by atoms with E-state index in [1.807, 2.05) is 17.2 Å². The Balaban J connectivity index is 1.53. The van der Waals surface area contributed by atoms with E-state index in [4.69, 9.17) is 0 Å². The Labute approximate surface area is 131 Å². The number of hydrogen-bond donors (Lipinski definition) is 0. The van der Waals surface area contributed by atoms with Crippen LogP contribution in [0.15, 0.2) is 24.5 Å². The molecule has 0 aromatic carbocycles. The van der Waals surface area contributed by atoms with Crippen molar-refractivity contribution in [1.82, 2.24) is 14.8 Å². The molecule has 0 radical (unpaired) electrons. The van der Waals surface area contributed by atoms with Crippen LogP contribution in [0, 0.1) is 5.92 Å². The zero-order chi connectivity index (χ0) is 15.4. The Morgan fingerprint density at radius 3 is 2.95 bits per heavy atom. The monoisotopic (exact) mass is 301 g/mol. The van der Waals surface area contributed by atoms with Crippen molar-refractivity contribution in [3.63, 3.8) is 0 Å². The highest BCUT2D eigenvalue weighted by Crippen LogP contribution is 2.21. The van der Waals surface area contributed by atoms with E-state index in [-0.39, 0.29) is 18.4 Å². The van der Waals surface area contributed by atoms with Crippen molar-refractivity contribution in [2.45, 2.75) is 32.1 Å². The molecule has 2 fully saturated rings. The number of carbonyl (C=O) groups is 2. The lowest BCUT2D eigenvalue weighted by atomic mass is 9.92. The molecule has 1 atom stereocenters. The van der Waals surface area contributed by atoms with Crippen molar-refractivity contribution < 1.29 is 9.59 Å². The molecule has 5 nitrogen and oxygen atoms in total. The minimum Gasteiger partial charge on any atom is -0.341 e. The summed E-state index contributed by atoms with van der Waals surface area (Å²) in [7, 11) is 0. The normalized spacial score (nSPS) is 22.2. The second-order valence-electron chi connectivity index (χ2n) is 6.33. The van der Waals surface area contributed by atoms with Gasteiger partial charge in [0.25, 0.3) is 0 Å². The van der Waals surface area contributed by atoms with E-state index in [9.17, 15) is 9.59 Å². The fraction of sp³-hybridized carbons (Fsp3) is 0.588. The molecular formula is C17H23N3O2. The number of amides is 2. The maximum Gasteiger partial charge on any atom is 0.242 e. The summed E-state index contributed by atoms with van der Waals surface area (Å²) in [5, 5.41) is 0. The summed E-state index contributed by atoms with van der Waals surface area (Å²) in [6, 6.07) is 4.05. The predicted octanol–water partition coefficient (Wildman–Crippen LogP) is 1.49. The molecule has 3 heterocycles. The number of pyridine rings is 1.